The van der Waals surface area contributed by atoms with Gasteiger partial charge in [-0.1, -0.05) is 18.2 Å². The third-order valence-corrected chi connectivity index (χ3v) is 3.00. The molecular formula is C13H13N. The molecule has 0 saturated heterocycles. The van der Waals surface area contributed by atoms with Crippen LogP contribution in [0.3, 0.4) is 0 Å². The van der Waals surface area contributed by atoms with Crippen LogP contribution in [0, 0.1) is 6.92 Å². The summed E-state index contributed by atoms with van der Waals surface area (Å²) in [5.41, 5.74) is 2.60. The monoisotopic (exact) mass is 183 g/mol. The average Bonchev–Trinajstić information content (AvgIpc) is 3.01. The molecule has 70 valence electrons. The van der Waals surface area contributed by atoms with Crippen LogP contribution >= 0.6 is 0 Å². The Morgan fingerprint density at radius 2 is 2.14 bits per heavy atom. The number of pyridine rings is 1. The van der Waals surface area contributed by atoms with Crippen LogP contribution in [0.1, 0.15) is 30.0 Å². The molecule has 3 rings (SSSR count). The van der Waals surface area contributed by atoms with Crippen molar-refractivity contribution in [2.24, 2.45) is 0 Å². The molecule has 0 aliphatic heterocycles. The topological polar surface area (TPSA) is 12.9 Å². The average molecular weight is 183 g/mol. The highest BCUT2D eigenvalue weighted by Gasteiger charge is 2.24. The Kier molecular flexibility index (Phi) is 1.60. The van der Waals surface area contributed by atoms with Gasteiger partial charge < -0.3 is 0 Å². The van der Waals surface area contributed by atoms with Crippen LogP contribution in [-0.2, 0) is 0 Å². The second kappa shape index (κ2) is 2.81. The molecule has 14 heavy (non-hydrogen) atoms. The zero-order valence-corrected chi connectivity index (χ0v) is 8.33. The van der Waals surface area contributed by atoms with Crippen LogP contribution in [0.5, 0.6) is 0 Å². The van der Waals surface area contributed by atoms with Crippen molar-refractivity contribution in [3.8, 4) is 0 Å². The molecule has 1 aliphatic carbocycles. The van der Waals surface area contributed by atoms with E-state index in [0.717, 1.165) is 5.92 Å². The SMILES string of the molecule is Cc1cccc2cc(C3CC3)ncc12. The van der Waals surface area contributed by atoms with Crippen molar-refractivity contribution in [2.75, 3.05) is 0 Å². The highest BCUT2D eigenvalue weighted by atomic mass is 14.7. The Balaban J connectivity index is 2.23. The summed E-state index contributed by atoms with van der Waals surface area (Å²) in [6.45, 7) is 2.14. The van der Waals surface area contributed by atoms with Gasteiger partial charge in [-0.25, -0.2) is 0 Å². The first-order chi connectivity index (χ1) is 6.84. The second-order valence-corrected chi connectivity index (χ2v) is 4.18. The van der Waals surface area contributed by atoms with Gasteiger partial charge in [-0.3, -0.25) is 4.98 Å². The van der Waals surface area contributed by atoms with Crippen LogP contribution in [0.25, 0.3) is 10.8 Å². The minimum atomic E-state index is 0.750. The van der Waals surface area contributed by atoms with Gasteiger partial charge in [0, 0.05) is 23.2 Å². The lowest BCUT2D eigenvalue weighted by Crippen LogP contribution is -1.87. The number of benzene rings is 1. The maximum atomic E-state index is 4.53. The Morgan fingerprint density at radius 1 is 1.29 bits per heavy atom. The number of hydrogen-bond acceptors (Lipinski definition) is 1. The fourth-order valence-electron chi connectivity index (χ4n) is 1.94. The van der Waals surface area contributed by atoms with Crippen LogP contribution in [0.15, 0.2) is 30.5 Å². The summed E-state index contributed by atoms with van der Waals surface area (Å²) in [4.78, 5) is 4.53. The van der Waals surface area contributed by atoms with E-state index >= 15 is 0 Å². The lowest BCUT2D eigenvalue weighted by atomic mass is 10.1. The number of nitrogens with zero attached hydrogens (tertiary/aromatic N) is 1. The minimum Gasteiger partial charge on any atom is -0.260 e. The minimum absolute atomic E-state index is 0.750. The maximum absolute atomic E-state index is 4.53. The predicted octanol–water partition coefficient (Wildman–Crippen LogP) is 3.42. The van der Waals surface area contributed by atoms with Gasteiger partial charge in [0.1, 0.15) is 0 Å². The number of aryl methyl sites for hydroxylation is 1. The molecular weight excluding hydrogens is 170 g/mol. The first-order valence-electron chi connectivity index (χ1n) is 5.20. The van der Waals surface area contributed by atoms with Gasteiger partial charge in [-0.05, 0) is 36.8 Å². The highest BCUT2D eigenvalue weighted by molar-refractivity contribution is 5.85. The first kappa shape index (κ1) is 7.98. The van der Waals surface area contributed by atoms with Crippen molar-refractivity contribution < 1.29 is 0 Å². The molecule has 0 atom stereocenters. The zero-order chi connectivity index (χ0) is 9.54. The van der Waals surface area contributed by atoms with Crippen LogP contribution in [0.2, 0.25) is 0 Å². The summed E-state index contributed by atoms with van der Waals surface area (Å²) in [5.74, 6) is 0.750. The van der Waals surface area contributed by atoms with Gasteiger partial charge >= 0.3 is 0 Å². The smallest absolute Gasteiger partial charge is 0.0440 e. The predicted molar refractivity (Wildman–Crippen MR) is 58.5 cm³/mol. The number of rotatable bonds is 1. The first-order valence-corrected chi connectivity index (χ1v) is 5.20. The van der Waals surface area contributed by atoms with E-state index in [4.69, 9.17) is 0 Å². The molecule has 2 aromatic rings. The van der Waals surface area contributed by atoms with E-state index in [-0.39, 0.29) is 0 Å². The summed E-state index contributed by atoms with van der Waals surface area (Å²) < 4.78 is 0. The van der Waals surface area contributed by atoms with Gasteiger partial charge in [-0.2, -0.15) is 0 Å². The Labute approximate surface area is 83.8 Å². The van der Waals surface area contributed by atoms with Gasteiger partial charge in [0.05, 0.1) is 0 Å². The second-order valence-electron chi connectivity index (χ2n) is 4.18. The summed E-state index contributed by atoms with van der Waals surface area (Å²) in [7, 11) is 0. The van der Waals surface area contributed by atoms with E-state index in [9.17, 15) is 0 Å². The quantitative estimate of drug-likeness (QED) is 0.660. The fourth-order valence-corrected chi connectivity index (χ4v) is 1.94. The Hall–Kier alpha value is -1.37. The third kappa shape index (κ3) is 1.20. The summed E-state index contributed by atoms with van der Waals surface area (Å²) >= 11 is 0. The van der Waals surface area contributed by atoms with Crippen molar-refractivity contribution >= 4 is 10.8 Å². The van der Waals surface area contributed by atoms with Crippen molar-refractivity contribution in [1.82, 2.24) is 4.98 Å². The van der Waals surface area contributed by atoms with E-state index < -0.39 is 0 Å². The molecule has 0 spiro atoms. The molecule has 0 N–H and O–H groups in total. The fraction of sp³-hybridized carbons (Fsp3) is 0.308. The van der Waals surface area contributed by atoms with Gasteiger partial charge in [0.25, 0.3) is 0 Å². The molecule has 1 nitrogen and oxygen atoms in total. The van der Waals surface area contributed by atoms with Crippen molar-refractivity contribution in [3.63, 3.8) is 0 Å². The summed E-state index contributed by atoms with van der Waals surface area (Å²) in [6, 6.07) is 8.69. The molecule has 1 heteroatoms. The normalized spacial score (nSPS) is 16.1. The van der Waals surface area contributed by atoms with Crippen LogP contribution in [0.4, 0.5) is 0 Å². The molecule has 1 aromatic carbocycles. The maximum Gasteiger partial charge on any atom is 0.0440 e. The molecule has 1 saturated carbocycles. The largest absolute Gasteiger partial charge is 0.260 e. The number of hydrogen-bond donors (Lipinski definition) is 0. The lowest BCUT2D eigenvalue weighted by Gasteiger charge is -2.03. The standard InChI is InChI=1S/C13H13N/c1-9-3-2-4-11-7-13(10-5-6-10)14-8-12(9)11/h2-4,7-8,10H,5-6H2,1H3. The van der Waals surface area contributed by atoms with Crippen LogP contribution in [-0.4, -0.2) is 4.98 Å². The summed E-state index contributed by atoms with van der Waals surface area (Å²) in [6.07, 6.45) is 4.67. The lowest BCUT2D eigenvalue weighted by molar-refractivity contribution is 1.03. The molecule has 1 aliphatic rings. The molecule has 0 radical (unpaired) electrons. The third-order valence-electron chi connectivity index (χ3n) is 3.00. The van der Waals surface area contributed by atoms with Crippen LogP contribution < -0.4 is 0 Å². The van der Waals surface area contributed by atoms with Crippen molar-refractivity contribution in [3.05, 3.63) is 41.7 Å². The van der Waals surface area contributed by atoms with E-state index in [1.54, 1.807) is 0 Å². The summed E-state index contributed by atoms with van der Waals surface area (Å²) in [5, 5.41) is 2.62. The molecule has 1 heterocycles. The van der Waals surface area contributed by atoms with Gasteiger partial charge in [0.15, 0.2) is 0 Å². The van der Waals surface area contributed by atoms with E-state index in [0.29, 0.717) is 0 Å². The highest BCUT2D eigenvalue weighted by Crippen LogP contribution is 2.39. The number of aromatic nitrogens is 1. The van der Waals surface area contributed by atoms with Gasteiger partial charge in [-0.15, -0.1) is 0 Å². The Bertz CT molecular complexity index is 484. The molecule has 0 bridgehead atoms. The van der Waals surface area contributed by atoms with Crippen molar-refractivity contribution in [1.29, 1.82) is 0 Å². The van der Waals surface area contributed by atoms with Crippen molar-refractivity contribution in [2.45, 2.75) is 25.7 Å². The molecule has 1 fully saturated rings. The molecule has 1 aromatic heterocycles. The van der Waals surface area contributed by atoms with E-state index in [1.165, 1.54) is 34.9 Å². The molecule has 0 amide bonds. The zero-order valence-electron chi connectivity index (χ0n) is 8.33. The van der Waals surface area contributed by atoms with Gasteiger partial charge in [0.2, 0.25) is 0 Å². The van der Waals surface area contributed by atoms with E-state index in [2.05, 4.69) is 36.2 Å². The molecule has 0 unspecified atom stereocenters. The Morgan fingerprint density at radius 3 is 2.93 bits per heavy atom. The number of fused-ring (bicyclic) bond motifs is 1. The van der Waals surface area contributed by atoms with E-state index in [1.807, 2.05) is 6.20 Å².